The van der Waals surface area contributed by atoms with Gasteiger partial charge in [0.05, 0.1) is 18.7 Å². The number of aryl methyl sites for hydroxylation is 1. The van der Waals surface area contributed by atoms with Gasteiger partial charge in [-0.05, 0) is 35.2 Å². The van der Waals surface area contributed by atoms with E-state index in [1.807, 2.05) is 72.3 Å². The van der Waals surface area contributed by atoms with Crippen molar-refractivity contribution < 1.29 is 19.4 Å². The van der Waals surface area contributed by atoms with Gasteiger partial charge in [-0.2, -0.15) is 0 Å². The summed E-state index contributed by atoms with van der Waals surface area (Å²) in [6.07, 6.45) is 5.80. The van der Waals surface area contributed by atoms with E-state index in [2.05, 4.69) is 20.6 Å². The highest BCUT2D eigenvalue weighted by Gasteiger charge is 2.31. The highest BCUT2D eigenvalue weighted by molar-refractivity contribution is 7.18. The Balaban J connectivity index is 1.25. The topological polar surface area (TPSA) is 123 Å². The van der Waals surface area contributed by atoms with Gasteiger partial charge in [0.2, 0.25) is 0 Å². The molecule has 41 heavy (non-hydrogen) atoms. The van der Waals surface area contributed by atoms with Crippen LogP contribution in [0.3, 0.4) is 0 Å². The fraction of sp³-hybridized carbons (Fsp3) is 0.194. The number of likely N-dealkylation sites (tertiary alicyclic amines) is 1. The van der Waals surface area contributed by atoms with Gasteiger partial charge in [-0.1, -0.05) is 36.4 Å². The first kappa shape index (κ1) is 26.5. The van der Waals surface area contributed by atoms with Gasteiger partial charge in [0.15, 0.2) is 0 Å². The van der Waals surface area contributed by atoms with E-state index in [0.29, 0.717) is 42.6 Å². The SMILES string of the molecule is COc1cc(-c2csc3c(C=CCN4CC(C(=O)O)C4)cnc(N)c23)ccc1NC(=O)c1cc2ccccc2n1C. The number of carbonyl (C=O) groups excluding carboxylic acids is 1. The molecule has 1 amide bonds. The summed E-state index contributed by atoms with van der Waals surface area (Å²) in [4.78, 5) is 30.8. The molecule has 0 radical (unpaired) electrons. The number of nitrogens with two attached hydrogens (primary N) is 1. The first-order chi connectivity index (χ1) is 19.8. The molecule has 0 unspecified atom stereocenters. The van der Waals surface area contributed by atoms with Gasteiger partial charge >= 0.3 is 5.97 Å². The Labute approximate surface area is 240 Å². The molecule has 6 rings (SSSR count). The molecule has 0 spiro atoms. The quantitative estimate of drug-likeness (QED) is 0.232. The molecule has 4 N–H and O–H groups in total. The van der Waals surface area contributed by atoms with E-state index in [1.54, 1.807) is 24.6 Å². The number of carboxylic acids is 1. The van der Waals surface area contributed by atoms with Gasteiger partial charge in [-0.25, -0.2) is 4.98 Å². The Morgan fingerprint density at radius 2 is 2.02 bits per heavy atom. The molecule has 9 nitrogen and oxygen atoms in total. The van der Waals surface area contributed by atoms with Crippen LogP contribution in [0.5, 0.6) is 5.75 Å². The van der Waals surface area contributed by atoms with Crippen LogP contribution in [0.1, 0.15) is 16.1 Å². The van der Waals surface area contributed by atoms with Gasteiger partial charge in [-0.15, -0.1) is 11.3 Å². The van der Waals surface area contributed by atoms with Crippen molar-refractivity contribution in [1.29, 1.82) is 0 Å². The molecule has 0 bridgehead atoms. The molecule has 5 aromatic rings. The van der Waals surface area contributed by atoms with E-state index < -0.39 is 5.97 Å². The predicted octanol–water partition coefficient (Wildman–Crippen LogP) is 5.33. The molecule has 208 valence electrons. The van der Waals surface area contributed by atoms with E-state index in [4.69, 9.17) is 15.6 Å². The Morgan fingerprint density at radius 1 is 1.22 bits per heavy atom. The minimum absolute atomic E-state index is 0.225. The number of aromatic nitrogens is 2. The Morgan fingerprint density at radius 3 is 2.78 bits per heavy atom. The standard InChI is InChI=1S/C31H29N5O4S/c1-35-24-8-4-3-6-19(24)12-25(35)30(37)34-23-10-9-18(13-26(23)40-2)22-17-41-28-20(14-33-29(32)27(22)28)7-5-11-36-15-21(16-36)31(38)39/h3-10,12-14,17,21H,11,15-16H2,1-2H3,(H2,32,33)(H,34,37)(H,38,39). The van der Waals surface area contributed by atoms with Gasteiger partial charge in [0, 0.05) is 65.0 Å². The summed E-state index contributed by atoms with van der Waals surface area (Å²) in [5.74, 6) is -0.267. The summed E-state index contributed by atoms with van der Waals surface area (Å²) < 4.78 is 8.57. The maximum atomic E-state index is 13.2. The van der Waals surface area contributed by atoms with Crippen molar-refractivity contribution in [2.24, 2.45) is 13.0 Å². The Kier molecular flexibility index (Phi) is 6.94. The molecule has 4 heterocycles. The van der Waals surface area contributed by atoms with E-state index in [9.17, 15) is 9.59 Å². The van der Waals surface area contributed by atoms with Crippen molar-refractivity contribution in [3.63, 3.8) is 0 Å². The third-order valence-electron chi connectivity index (χ3n) is 7.56. The highest BCUT2D eigenvalue weighted by Crippen LogP contribution is 2.41. The third kappa shape index (κ3) is 4.92. The van der Waals surface area contributed by atoms with Crippen LogP contribution < -0.4 is 15.8 Å². The Bertz CT molecular complexity index is 1830. The smallest absolute Gasteiger partial charge is 0.309 e. The number of nitrogens with one attached hydrogen (secondary N) is 1. The van der Waals surface area contributed by atoms with E-state index >= 15 is 0 Å². The van der Waals surface area contributed by atoms with Crippen LogP contribution in [0.15, 0.2) is 66.2 Å². The molecule has 1 fully saturated rings. The fourth-order valence-electron chi connectivity index (χ4n) is 5.28. The first-order valence-corrected chi connectivity index (χ1v) is 14.0. The molecule has 0 saturated carbocycles. The normalized spacial score (nSPS) is 14.1. The third-order valence-corrected chi connectivity index (χ3v) is 8.59. The fourth-order valence-corrected chi connectivity index (χ4v) is 6.36. The van der Waals surface area contributed by atoms with E-state index in [-0.39, 0.29) is 11.8 Å². The number of ether oxygens (including phenoxy) is 1. The number of anilines is 2. The lowest BCUT2D eigenvalue weighted by atomic mass is 10.0. The molecule has 0 aliphatic carbocycles. The summed E-state index contributed by atoms with van der Waals surface area (Å²) in [6.45, 7) is 1.81. The van der Waals surface area contributed by atoms with Crippen molar-refractivity contribution in [2.75, 3.05) is 37.8 Å². The summed E-state index contributed by atoms with van der Waals surface area (Å²) in [6, 6.07) is 15.4. The highest BCUT2D eigenvalue weighted by atomic mass is 32.1. The van der Waals surface area contributed by atoms with Gasteiger partial charge < -0.3 is 25.5 Å². The second kappa shape index (κ2) is 10.7. The maximum Gasteiger partial charge on any atom is 0.309 e. The number of carboxylic acid groups (broad SMARTS) is 1. The molecule has 2 aromatic carbocycles. The number of methoxy groups -OCH3 is 1. The van der Waals surface area contributed by atoms with Crippen molar-refractivity contribution in [2.45, 2.75) is 0 Å². The predicted molar refractivity (Wildman–Crippen MR) is 163 cm³/mol. The second-order valence-corrected chi connectivity index (χ2v) is 11.0. The minimum atomic E-state index is -0.738. The zero-order valence-corrected chi connectivity index (χ0v) is 23.4. The van der Waals surface area contributed by atoms with Crippen molar-refractivity contribution in [3.05, 3.63) is 77.4 Å². The monoisotopic (exact) mass is 567 g/mol. The summed E-state index contributed by atoms with van der Waals surface area (Å²) >= 11 is 1.59. The average Bonchev–Trinajstić information content (AvgIpc) is 3.54. The van der Waals surface area contributed by atoms with Crippen molar-refractivity contribution >= 4 is 61.8 Å². The van der Waals surface area contributed by atoms with Crippen LogP contribution in [-0.2, 0) is 11.8 Å². The number of pyridine rings is 1. The molecule has 10 heteroatoms. The van der Waals surface area contributed by atoms with Crippen LogP contribution in [0, 0.1) is 5.92 Å². The number of hydrogen-bond donors (Lipinski definition) is 3. The lowest BCUT2D eigenvalue weighted by Gasteiger charge is -2.35. The molecule has 3 aromatic heterocycles. The lowest BCUT2D eigenvalue weighted by molar-refractivity contribution is -0.147. The largest absolute Gasteiger partial charge is 0.495 e. The van der Waals surface area contributed by atoms with Gasteiger partial charge in [-0.3, -0.25) is 14.5 Å². The Hall–Kier alpha value is -4.67. The zero-order chi connectivity index (χ0) is 28.7. The van der Waals surface area contributed by atoms with Crippen molar-refractivity contribution in [3.8, 4) is 16.9 Å². The van der Waals surface area contributed by atoms with Crippen LogP contribution in [0.25, 0.3) is 38.2 Å². The number of nitrogens with zero attached hydrogens (tertiary/aromatic N) is 3. The summed E-state index contributed by atoms with van der Waals surface area (Å²) in [7, 11) is 3.45. The number of amides is 1. The summed E-state index contributed by atoms with van der Waals surface area (Å²) in [5.41, 5.74) is 11.2. The second-order valence-electron chi connectivity index (χ2n) is 10.1. The first-order valence-electron chi connectivity index (χ1n) is 13.2. The molecule has 1 saturated heterocycles. The average molecular weight is 568 g/mol. The number of thiophene rings is 1. The molecule has 1 aliphatic heterocycles. The number of aliphatic carboxylic acids is 1. The molecular formula is C31H29N5O4S. The van der Waals surface area contributed by atoms with E-state index in [0.717, 1.165) is 37.7 Å². The number of fused-ring (bicyclic) bond motifs is 2. The lowest BCUT2D eigenvalue weighted by Crippen LogP contribution is -2.50. The molecule has 1 aliphatic rings. The zero-order valence-electron chi connectivity index (χ0n) is 22.6. The van der Waals surface area contributed by atoms with Crippen LogP contribution in [-0.4, -0.2) is 58.2 Å². The number of benzene rings is 2. The molecule has 0 atom stereocenters. The van der Waals surface area contributed by atoms with Crippen molar-refractivity contribution in [1.82, 2.24) is 14.5 Å². The van der Waals surface area contributed by atoms with Crippen LogP contribution >= 0.6 is 11.3 Å². The van der Waals surface area contributed by atoms with E-state index in [1.165, 1.54) is 0 Å². The van der Waals surface area contributed by atoms with Crippen LogP contribution in [0.4, 0.5) is 11.5 Å². The molecular weight excluding hydrogens is 538 g/mol. The summed E-state index contributed by atoms with van der Waals surface area (Å²) in [5, 5.41) is 16.0. The number of nitrogen functional groups attached to an aromatic ring is 1. The number of para-hydroxylation sites is 1. The maximum absolute atomic E-state index is 13.2. The number of rotatable bonds is 8. The number of carbonyl (C=O) groups is 2. The van der Waals surface area contributed by atoms with Crippen LogP contribution in [0.2, 0.25) is 0 Å². The number of hydrogen-bond acceptors (Lipinski definition) is 7. The minimum Gasteiger partial charge on any atom is -0.495 e. The van der Waals surface area contributed by atoms with Gasteiger partial charge in [0.1, 0.15) is 17.3 Å². The van der Waals surface area contributed by atoms with Gasteiger partial charge in [0.25, 0.3) is 5.91 Å².